The lowest BCUT2D eigenvalue weighted by Gasteiger charge is -2.28. The number of hydrogen-bond donors (Lipinski definition) is 2. The van der Waals surface area contributed by atoms with Gasteiger partial charge >= 0.3 is 0 Å². The van der Waals surface area contributed by atoms with Crippen LogP contribution < -0.4 is 10.6 Å². The summed E-state index contributed by atoms with van der Waals surface area (Å²) in [6.07, 6.45) is 1.94. The quantitative estimate of drug-likeness (QED) is 0.875. The van der Waals surface area contributed by atoms with Crippen molar-refractivity contribution in [2.75, 3.05) is 6.54 Å². The van der Waals surface area contributed by atoms with Crippen molar-refractivity contribution >= 4 is 33.4 Å². The van der Waals surface area contributed by atoms with Crippen molar-refractivity contribution in [2.24, 2.45) is 0 Å². The van der Waals surface area contributed by atoms with E-state index in [1.165, 1.54) is 0 Å². The Balaban J connectivity index is 2.03. The fraction of sp³-hybridized carbons (Fsp3) is 0.462. The van der Waals surface area contributed by atoms with Gasteiger partial charge in [0.25, 0.3) is 5.91 Å². The molecule has 2 rings (SSSR count). The van der Waals surface area contributed by atoms with E-state index in [0.29, 0.717) is 16.6 Å². The number of amides is 1. The van der Waals surface area contributed by atoms with Crippen LogP contribution in [-0.4, -0.2) is 24.5 Å². The maximum Gasteiger partial charge on any atom is 0.252 e. The Kier molecular flexibility index (Phi) is 4.65. The van der Waals surface area contributed by atoms with E-state index in [4.69, 9.17) is 11.6 Å². The highest BCUT2D eigenvalue weighted by molar-refractivity contribution is 9.10. The summed E-state index contributed by atoms with van der Waals surface area (Å²) < 4.78 is 0.731. The molecule has 18 heavy (non-hydrogen) atoms. The summed E-state index contributed by atoms with van der Waals surface area (Å²) in [6, 6.07) is 5.91. The third-order valence-corrected chi connectivity index (χ3v) is 4.03. The zero-order chi connectivity index (χ0) is 13.1. The monoisotopic (exact) mass is 330 g/mol. The van der Waals surface area contributed by atoms with Crippen molar-refractivity contribution in [3.05, 3.63) is 33.3 Å². The predicted octanol–water partition coefficient (Wildman–Crippen LogP) is 2.97. The topological polar surface area (TPSA) is 41.1 Å². The van der Waals surface area contributed by atoms with Gasteiger partial charge in [-0.05, 0) is 60.4 Å². The molecule has 3 nitrogen and oxygen atoms in total. The third kappa shape index (κ3) is 3.46. The molecule has 0 saturated carbocycles. The first-order valence-electron chi connectivity index (χ1n) is 6.05. The van der Waals surface area contributed by atoms with Crippen LogP contribution in [0.2, 0.25) is 5.02 Å². The van der Waals surface area contributed by atoms with Gasteiger partial charge in [0, 0.05) is 21.6 Å². The van der Waals surface area contributed by atoms with E-state index >= 15 is 0 Å². The summed E-state index contributed by atoms with van der Waals surface area (Å²) in [4.78, 5) is 12.1. The lowest BCUT2D eigenvalue weighted by atomic mass is 10.0. The van der Waals surface area contributed by atoms with Gasteiger partial charge in [-0.25, -0.2) is 0 Å². The van der Waals surface area contributed by atoms with Crippen LogP contribution in [0.15, 0.2) is 22.7 Å². The summed E-state index contributed by atoms with van der Waals surface area (Å²) in [5.74, 6) is -0.0439. The van der Waals surface area contributed by atoms with Crippen LogP contribution in [0.4, 0.5) is 0 Å². The van der Waals surface area contributed by atoms with Crippen LogP contribution in [0.5, 0.6) is 0 Å². The van der Waals surface area contributed by atoms with Gasteiger partial charge in [0.15, 0.2) is 0 Å². The highest BCUT2D eigenvalue weighted by atomic mass is 79.9. The van der Waals surface area contributed by atoms with Gasteiger partial charge in [-0.15, -0.1) is 0 Å². The number of rotatable bonds is 2. The molecule has 2 N–H and O–H groups in total. The normalized spacial score (nSPS) is 23.7. The molecule has 0 radical (unpaired) electrons. The number of hydrogen-bond acceptors (Lipinski definition) is 2. The van der Waals surface area contributed by atoms with Crippen LogP contribution in [0.25, 0.3) is 0 Å². The zero-order valence-electron chi connectivity index (χ0n) is 10.2. The first-order chi connectivity index (χ1) is 8.56. The average molecular weight is 332 g/mol. The molecule has 0 aliphatic carbocycles. The highest BCUT2D eigenvalue weighted by Gasteiger charge is 2.21. The minimum atomic E-state index is -0.0439. The molecule has 1 saturated heterocycles. The fourth-order valence-corrected chi connectivity index (χ4v) is 3.06. The van der Waals surface area contributed by atoms with Crippen molar-refractivity contribution < 1.29 is 4.79 Å². The molecule has 98 valence electrons. The van der Waals surface area contributed by atoms with Gasteiger partial charge < -0.3 is 10.6 Å². The van der Waals surface area contributed by atoms with Crippen molar-refractivity contribution in [1.29, 1.82) is 0 Å². The minimum Gasteiger partial charge on any atom is -0.349 e. The van der Waals surface area contributed by atoms with Crippen molar-refractivity contribution in [2.45, 2.75) is 31.8 Å². The fourth-order valence-electron chi connectivity index (χ4n) is 2.20. The Hall–Kier alpha value is -0.580. The standard InChI is InChI=1S/C13H16BrClN2O/c1-8-6-10(4-5-16-8)17-13(18)11-3-2-9(15)7-12(11)14/h2-3,7-8,10,16H,4-6H2,1H3,(H,17,18). The summed E-state index contributed by atoms with van der Waals surface area (Å²) in [6.45, 7) is 3.09. The first-order valence-corrected chi connectivity index (χ1v) is 7.22. The molecule has 1 aliphatic rings. The van der Waals surface area contributed by atoms with Crippen LogP contribution in [-0.2, 0) is 0 Å². The molecule has 1 aromatic carbocycles. The van der Waals surface area contributed by atoms with E-state index in [1.54, 1.807) is 18.2 Å². The Morgan fingerprint density at radius 3 is 3.00 bits per heavy atom. The molecule has 1 heterocycles. The molecule has 2 atom stereocenters. The van der Waals surface area contributed by atoms with E-state index in [2.05, 4.69) is 33.5 Å². The van der Waals surface area contributed by atoms with Gasteiger partial charge in [0.2, 0.25) is 0 Å². The molecular formula is C13H16BrClN2O. The molecule has 1 aromatic rings. The lowest BCUT2D eigenvalue weighted by Crippen LogP contribution is -2.46. The van der Waals surface area contributed by atoms with E-state index in [0.717, 1.165) is 23.9 Å². The maximum atomic E-state index is 12.1. The van der Waals surface area contributed by atoms with E-state index in [9.17, 15) is 4.79 Å². The minimum absolute atomic E-state index is 0.0439. The summed E-state index contributed by atoms with van der Waals surface area (Å²) in [7, 11) is 0. The molecule has 1 fully saturated rings. The van der Waals surface area contributed by atoms with E-state index < -0.39 is 0 Å². The number of piperidine rings is 1. The molecule has 0 spiro atoms. The Bertz CT molecular complexity index is 453. The van der Waals surface area contributed by atoms with Crippen LogP contribution >= 0.6 is 27.5 Å². The highest BCUT2D eigenvalue weighted by Crippen LogP contribution is 2.22. The predicted molar refractivity (Wildman–Crippen MR) is 77.1 cm³/mol. The molecule has 1 aliphatic heterocycles. The zero-order valence-corrected chi connectivity index (χ0v) is 12.5. The van der Waals surface area contributed by atoms with Crippen LogP contribution in [0, 0.1) is 0 Å². The molecule has 0 bridgehead atoms. The largest absolute Gasteiger partial charge is 0.349 e. The number of carbonyl (C=O) groups excluding carboxylic acids is 1. The second-order valence-electron chi connectivity index (χ2n) is 4.67. The molecule has 1 amide bonds. The third-order valence-electron chi connectivity index (χ3n) is 3.13. The number of carbonyl (C=O) groups is 1. The number of nitrogens with one attached hydrogen (secondary N) is 2. The molecule has 0 aromatic heterocycles. The first kappa shape index (κ1) is 13.8. The average Bonchev–Trinajstić information content (AvgIpc) is 2.28. The van der Waals surface area contributed by atoms with Crippen LogP contribution in [0.1, 0.15) is 30.1 Å². The smallest absolute Gasteiger partial charge is 0.252 e. The van der Waals surface area contributed by atoms with Crippen molar-refractivity contribution in [1.82, 2.24) is 10.6 Å². The maximum absolute atomic E-state index is 12.1. The molecule has 5 heteroatoms. The van der Waals surface area contributed by atoms with Gasteiger partial charge in [-0.1, -0.05) is 11.6 Å². The van der Waals surface area contributed by atoms with E-state index in [1.807, 2.05) is 0 Å². The molecular weight excluding hydrogens is 316 g/mol. The Labute approximate surface area is 120 Å². The second kappa shape index (κ2) is 6.04. The van der Waals surface area contributed by atoms with Gasteiger partial charge in [0.1, 0.15) is 0 Å². The van der Waals surface area contributed by atoms with Gasteiger partial charge in [-0.3, -0.25) is 4.79 Å². The second-order valence-corrected chi connectivity index (χ2v) is 5.96. The number of halogens is 2. The lowest BCUT2D eigenvalue weighted by molar-refractivity contribution is 0.0925. The van der Waals surface area contributed by atoms with Gasteiger partial charge in [-0.2, -0.15) is 0 Å². The summed E-state index contributed by atoms with van der Waals surface area (Å²) >= 11 is 9.23. The van der Waals surface area contributed by atoms with Crippen molar-refractivity contribution in [3.8, 4) is 0 Å². The Morgan fingerprint density at radius 1 is 1.56 bits per heavy atom. The SMILES string of the molecule is CC1CC(NC(=O)c2ccc(Cl)cc2Br)CCN1. The molecule has 2 unspecified atom stereocenters. The summed E-state index contributed by atoms with van der Waals surface area (Å²) in [5.41, 5.74) is 0.630. The number of benzene rings is 1. The van der Waals surface area contributed by atoms with Crippen molar-refractivity contribution in [3.63, 3.8) is 0 Å². The van der Waals surface area contributed by atoms with Gasteiger partial charge in [0.05, 0.1) is 5.56 Å². The summed E-state index contributed by atoms with van der Waals surface area (Å²) in [5, 5.41) is 7.06. The van der Waals surface area contributed by atoms with E-state index in [-0.39, 0.29) is 11.9 Å². The Morgan fingerprint density at radius 2 is 2.33 bits per heavy atom. The van der Waals surface area contributed by atoms with Crippen LogP contribution in [0.3, 0.4) is 0 Å².